The van der Waals surface area contributed by atoms with Gasteiger partial charge in [0.15, 0.2) is 0 Å². The van der Waals surface area contributed by atoms with Gasteiger partial charge in [0.05, 0.1) is 0 Å². The highest BCUT2D eigenvalue weighted by atomic mass is 16.5. The Kier molecular flexibility index (Phi) is 53.9. The van der Waals surface area contributed by atoms with Crippen molar-refractivity contribution in [2.75, 3.05) is 33.0 Å². The number of Topliss-reactive ketones (excluding diaryl/α,β-unsaturated/α-hetero) is 1. The first-order chi connectivity index (χ1) is 7.97. The standard InChI is InChI=1S/2C4H10O.C3H6O.C2H6O/c2*1-3-5-4-2;1-3(2)4;1-2-3/h2*3-4H2,1-2H3;1-2H3;3H,2H2,1H3. The number of rotatable bonds is 4. The second-order valence-corrected chi connectivity index (χ2v) is 2.79. The van der Waals surface area contributed by atoms with Crippen molar-refractivity contribution in [2.45, 2.75) is 48.5 Å². The molecule has 0 fully saturated rings. The lowest BCUT2D eigenvalue weighted by Crippen LogP contribution is -1.84. The number of carbonyl (C=O) groups excluding carboxylic acids is 1. The molecule has 0 aromatic heterocycles. The lowest BCUT2D eigenvalue weighted by atomic mass is 10.6. The number of hydrogen-bond donors (Lipinski definition) is 1. The predicted octanol–water partition coefficient (Wildman–Crippen LogP) is 2.68. The van der Waals surface area contributed by atoms with E-state index >= 15 is 0 Å². The van der Waals surface area contributed by atoms with Crippen LogP contribution in [0.15, 0.2) is 0 Å². The van der Waals surface area contributed by atoms with Gasteiger partial charge in [-0.25, -0.2) is 0 Å². The maximum absolute atomic E-state index is 9.44. The smallest absolute Gasteiger partial charge is 0.126 e. The first-order valence-electron chi connectivity index (χ1n) is 6.21. The van der Waals surface area contributed by atoms with Crippen molar-refractivity contribution in [3.05, 3.63) is 0 Å². The van der Waals surface area contributed by atoms with E-state index in [4.69, 9.17) is 14.6 Å². The minimum Gasteiger partial charge on any atom is -0.397 e. The monoisotopic (exact) mass is 252 g/mol. The molecule has 0 rings (SSSR count). The van der Waals surface area contributed by atoms with Gasteiger partial charge in [-0.2, -0.15) is 0 Å². The normalized spacial score (nSPS) is 7.53. The molecule has 0 heterocycles. The number of carbonyl (C=O) groups is 1. The van der Waals surface area contributed by atoms with E-state index in [1.165, 1.54) is 13.8 Å². The van der Waals surface area contributed by atoms with Crippen molar-refractivity contribution in [1.29, 1.82) is 0 Å². The van der Waals surface area contributed by atoms with Gasteiger partial charge in [-0.1, -0.05) is 0 Å². The van der Waals surface area contributed by atoms with Gasteiger partial charge in [0.1, 0.15) is 5.78 Å². The molecule has 1 N–H and O–H groups in total. The topological polar surface area (TPSA) is 55.8 Å². The summed E-state index contributed by atoms with van der Waals surface area (Å²) in [5, 5.41) is 7.57. The van der Waals surface area contributed by atoms with Gasteiger partial charge in [0.2, 0.25) is 0 Å². The van der Waals surface area contributed by atoms with Gasteiger partial charge in [-0.15, -0.1) is 0 Å². The summed E-state index contributed by atoms with van der Waals surface area (Å²) >= 11 is 0. The van der Waals surface area contributed by atoms with Gasteiger partial charge in [-0.3, -0.25) is 0 Å². The third kappa shape index (κ3) is 227. The highest BCUT2D eigenvalue weighted by molar-refractivity contribution is 5.72. The quantitative estimate of drug-likeness (QED) is 0.835. The van der Waals surface area contributed by atoms with Crippen LogP contribution in [0.3, 0.4) is 0 Å². The maximum Gasteiger partial charge on any atom is 0.126 e. The molecule has 0 aromatic carbocycles. The Morgan fingerprint density at radius 3 is 0.941 bits per heavy atom. The Labute approximate surface area is 107 Å². The van der Waals surface area contributed by atoms with Gasteiger partial charge in [0, 0.05) is 33.0 Å². The number of ether oxygens (including phenoxy) is 2. The summed E-state index contributed by atoms with van der Waals surface area (Å²) < 4.78 is 9.67. The van der Waals surface area contributed by atoms with Crippen molar-refractivity contribution in [3.8, 4) is 0 Å². The summed E-state index contributed by atoms with van der Waals surface area (Å²) in [6, 6.07) is 0. The van der Waals surface area contributed by atoms with Gasteiger partial charge in [-0.05, 0) is 48.5 Å². The molecule has 0 aromatic rings. The minimum absolute atomic E-state index is 0.167. The largest absolute Gasteiger partial charge is 0.397 e. The molecule has 4 nitrogen and oxygen atoms in total. The van der Waals surface area contributed by atoms with Crippen LogP contribution in [0.1, 0.15) is 48.5 Å². The molecule has 0 aliphatic heterocycles. The Balaban J connectivity index is -0.0000000676. The first-order valence-corrected chi connectivity index (χ1v) is 6.21. The number of aliphatic hydroxyl groups is 1. The molecule has 0 aliphatic carbocycles. The fraction of sp³-hybridized carbons (Fsp3) is 0.923. The average molecular weight is 252 g/mol. The first kappa shape index (κ1) is 25.4. The van der Waals surface area contributed by atoms with E-state index in [-0.39, 0.29) is 12.4 Å². The molecule has 0 amide bonds. The van der Waals surface area contributed by atoms with Gasteiger partial charge < -0.3 is 19.4 Å². The van der Waals surface area contributed by atoms with Crippen molar-refractivity contribution in [2.24, 2.45) is 0 Å². The van der Waals surface area contributed by atoms with Crippen molar-refractivity contribution in [1.82, 2.24) is 0 Å². The third-order valence-corrected chi connectivity index (χ3v) is 0.816. The molecule has 108 valence electrons. The fourth-order valence-electron chi connectivity index (χ4n) is 0.408. The summed E-state index contributed by atoms with van der Waals surface area (Å²) in [6.07, 6.45) is 0. The Bertz CT molecular complexity index is 91.6. The average Bonchev–Trinajstić information content (AvgIpc) is 2.21. The second-order valence-electron chi connectivity index (χ2n) is 2.79. The van der Waals surface area contributed by atoms with Crippen LogP contribution in [-0.4, -0.2) is 43.9 Å². The number of aliphatic hydroxyl groups excluding tert-OH is 1. The van der Waals surface area contributed by atoms with Crippen molar-refractivity contribution >= 4 is 5.78 Å². The van der Waals surface area contributed by atoms with Gasteiger partial charge >= 0.3 is 0 Å². The summed E-state index contributed by atoms with van der Waals surface area (Å²) in [5.74, 6) is 0.167. The minimum atomic E-state index is 0.167. The third-order valence-electron chi connectivity index (χ3n) is 0.816. The second kappa shape index (κ2) is 36.1. The Hall–Kier alpha value is -0.450. The van der Waals surface area contributed by atoms with Gasteiger partial charge in [0.25, 0.3) is 0 Å². The van der Waals surface area contributed by atoms with Crippen LogP contribution in [-0.2, 0) is 14.3 Å². The maximum atomic E-state index is 9.44. The molecule has 4 heteroatoms. The molecule has 0 radical (unpaired) electrons. The van der Waals surface area contributed by atoms with E-state index in [0.29, 0.717) is 0 Å². The van der Waals surface area contributed by atoms with Crippen LogP contribution in [0.2, 0.25) is 0 Å². The lowest BCUT2D eigenvalue weighted by molar-refractivity contribution is -0.114. The summed E-state index contributed by atoms with van der Waals surface area (Å²) in [4.78, 5) is 9.44. The summed E-state index contributed by atoms with van der Waals surface area (Å²) in [7, 11) is 0. The van der Waals surface area contributed by atoms with E-state index in [9.17, 15) is 4.79 Å². The Morgan fingerprint density at radius 1 is 0.824 bits per heavy atom. The molecule has 0 aliphatic rings. The summed E-state index contributed by atoms with van der Waals surface area (Å²) in [6.45, 7) is 16.3. The van der Waals surface area contributed by atoms with E-state index in [0.717, 1.165) is 26.4 Å². The lowest BCUT2D eigenvalue weighted by Gasteiger charge is -1.86. The van der Waals surface area contributed by atoms with Crippen LogP contribution < -0.4 is 0 Å². The molecule has 0 saturated carbocycles. The van der Waals surface area contributed by atoms with E-state index in [2.05, 4.69) is 0 Å². The molecule has 0 spiro atoms. The summed E-state index contributed by atoms with van der Waals surface area (Å²) in [5.41, 5.74) is 0. The zero-order valence-electron chi connectivity index (χ0n) is 12.7. The highest BCUT2D eigenvalue weighted by Gasteiger charge is 1.64. The zero-order chi connectivity index (χ0) is 14.5. The predicted molar refractivity (Wildman–Crippen MR) is 73.4 cm³/mol. The highest BCUT2D eigenvalue weighted by Crippen LogP contribution is 1.65. The van der Waals surface area contributed by atoms with E-state index < -0.39 is 0 Å². The molecule has 0 unspecified atom stereocenters. The molecular weight excluding hydrogens is 220 g/mol. The van der Waals surface area contributed by atoms with Crippen LogP contribution in [0.4, 0.5) is 0 Å². The van der Waals surface area contributed by atoms with Crippen molar-refractivity contribution < 1.29 is 19.4 Å². The molecule has 17 heavy (non-hydrogen) atoms. The van der Waals surface area contributed by atoms with Crippen LogP contribution >= 0.6 is 0 Å². The van der Waals surface area contributed by atoms with Crippen LogP contribution in [0.5, 0.6) is 0 Å². The SMILES string of the molecule is CC(C)=O.CCO.CCOCC.CCOCC. The van der Waals surface area contributed by atoms with Crippen LogP contribution in [0, 0.1) is 0 Å². The molecule has 0 bridgehead atoms. The van der Waals surface area contributed by atoms with E-state index in [1.807, 2.05) is 27.7 Å². The molecule has 0 atom stereocenters. The van der Waals surface area contributed by atoms with E-state index in [1.54, 1.807) is 6.92 Å². The fourth-order valence-corrected chi connectivity index (χ4v) is 0.408. The number of hydrogen-bond acceptors (Lipinski definition) is 4. The van der Waals surface area contributed by atoms with Crippen LogP contribution in [0.25, 0.3) is 0 Å². The molecule has 0 saturated heterocycles. The zero-order valence-corrected chi connectivity index (χ0v) is 12.7. The number of ketones is 1. The van der Waals surface area contributed by atoms with Crippen molar-refractivity contribution in [3.63, 3.8) is 0 Å². The Morgan fingerprint density at radius 2 is 0.941 bits per heavy atom. The molecular formula is C13H32O4.